The molecule has 1 unspecified atom stereocenters. The maximum atomic E-state index is 12.8. The summed E-state index contributed by atoms with van der Waals surface area (Å²) < 4.78 is 1.98. The minimum absolute atomic E-state index is 0.175. The number of rotatable bonds is 6. The van der Waals surface area contributed by atoms with E-state index < -0.39 is 0 Å². The Bertz CT molecular complexity index is 937. The molecule has 136 valence electrons. The minimum Gasteiger partial charge on any atom is -0.503 e. The second-order valence-electron chi connectivity index (χ2n) is 6.46. The maximum absolute atomic E-state index is 12.8. The Morgan fingerprint density at radius 3 is 2.44 bits per heavy atom. The van der Waals surface area contributed by atoms with E-state index in [9.17, 15) is 9.90 Å². The van der Waals surface area contributed by atoms with Crippen LogP contribution in [0.4, 0.5) is 0 Å². The van der Waals surface area contributed by atoms with Crippen LogP contribution in [-0.2, 0) is 11.3 Å². The number of imidazole rings is 1. The number of nitrogens with zero attached hydrogens (tertiary/aromatic N) is 4. The SMILES string of the molecule is O=C1C(O)=C(c2ccccc2)C(c2ccncc2)N1CCCn1ccnc1. The van der Waals surface area contributed by atoms with Gasteiger partial charge in [0, 0.05) is 43.4 Å². The number of aliphatic hydroxyl groups is 1. The van der Waals surface area contributed by atoms with Crippen LogP contribution in [0, 0.1) is 0 Å². The van der Waals surface area contributed by atoms with Gasteiger partial charge in [-0.2, -0.15) is 0 Å². The van der Waals surface area contributed by atoms with Crippen LogP contribution >= 0.6 is 0 Å². The molecule has 1 N–H and O–H groups in total. The second kappa shape index (κ2) is 7.45. The number of amides is 1. The molecule has 1 aliphatic rings. The molecule has 4 rings (SSSR count). The van der Waals surface area contributed by atoms with Crippen LogP contribution < -0.4 is 0 Å². The van der Waals surface area contributed by atoms with Gasteiger partial charge in [-0.15, -0.1) is 0 Å². The Kier molecular flexibility index (Phi) is 4.70. The van der Waals surface area contributed by atoms with Crippen LogP contribution in [0.5, 0.6) is 0 Å². The topological polar surface area (TPSA) is 71.2 Å². The van der Waals surface area contributed by atoms with Gasteiger partial charge in [0.2, 0.25) is 0 Å². The van der Waals surface area contributed by atoms with Gasteiger partial charge in [0.25, 0.3) is 5.91 Å². The van der Waals surface area contributed by atoms with Crippen LogP contribution in [0.1, 0.15) is 23.6 Å². The number of benzene rings is 1. The summed E-state index contributed by atoms with van der Waals surface area (Å²) in [5, 5.41) is 10.7. The molecule has 0 fully saturated rings. The van der Waals surface area contributed by atoms with Gasteiger partial charge in [0.1, 0.15) is 0 Å². The minimum atomic E-state index is -0.332. The number of aryl methyl sites for hydroxylation is 1. The molecule has 1 amide bonds. The zero-order chi connectivity index (χ0) is 18.6. The molecule has 2 aromatic heterocycles. The second-order valence-corrected chi connectivity index (χ2v) is 6.46. The Morgan fingerprint density at radius 2 is 1.74 bits per heavy atom. The number of hydrogen-bond donors (Lipinski definition) is 1. The van der Waals surface area contributed by atoms with Gasteiger partial charge in [-0.05, 0) is 29.7 Å². The van der Waals surface area contributed by atoms with Crippen LogP contribution in [0.25, 0.3) is 5.57 Å². The van der Waals surface area contributed by atoms with E-state index in [4.69, 9.17) is 0 Å². The Hall–Kier alpha value is -3.41. The zero-order valence-electron chi connectivity index (χ0n) is 14.8. The van der Waals surface area contributed by atoms with Crippen LogP contribution in [0.15, 0.2) is 79.3 Å². The third-order valence-electron chi connectivity index (χ3n) is 4.78. The van der Waals surface area contributed by atoms with Crippen molar-refractivity contribution < 1.29 is 9.90 Å². The first-order valence-electron chi connectivity index (χ1n) is 8.91. The Morgan fingerprint density at radius 1 is 0.963 bits per heavy atom. The molecule has 3 aromatic rings. The summed E-state index contributed by atoms with van der Waals surface area (Å²) in [4.78, 5) is 22.7. The quantitative estimate of drug-likeness (QED) is 0.733. The van der Waals surface area contributed by atoms with E-state index in [1.165, 1.54) is 0 Å². The summed E-state index contributed by atoms with van der Waals surface area (Å²) in [5.41, 5.74) is 2.43. The number of aromatic nitrogens is 3. The zero-order valence-corrected chi connectivity index (χ0v) is 14.8. The third-order valence-corrected chi connectivity index (χ3v) is 4.78. The standard InChI is InChI=1S/C21H20N4O2/c26-20-18(16-5-2-1-3-6-16)19(17-7-9-22-10-8-17)25(21(20)27)13-4-12-24-14-11-23-15-24/h1-3,5-11,14-15,19,26H,4,12-13H2. The van der Waals surface area contributed by atoms with Gasteiger partial charge >= 0.3 is 0 Å². The van der Waals surface area contributed by atoms with E-state index in [2.05, 4.69) is 9.97 Å². The molecule has 6 nitrogen and oxygen atoms in total. The highest BCUT2D eigenvalue weighted by atomic mass is 16.3. The smallest absolute Gasteiger partial charge is 0.289 e. The van der Waals surface area contributed by atoms with E-state index in [1.807, 2.05) is 53.2 Å². The lowest BCUT2D eigenvalue weighted by atomic mass is 9.94. The van der Waals surface area contributed by atoms with Gasteiger partial charge in [0.05, 0.1) is 12.4 Å². The molecule has 1 aromatic carbocycles. The van der Waals surface area contributed by atoms with Crippen molar-refractivity contribution in [2.24, 2.45) is 0 Å². The highest BCUT2D eigenvalue weighted by Crippen LogP contribution is 2.42. The molecule has 0 spiro atoms. The number of aliphatic hydroxyl groups excluding tert-OH is 1. The molecule has 1 aliphatic heterocycles. The van der Waals surface area contributed by atoms with Crippen LogP contribution in [-0.4, -0.2) is 37.0 Å². The van der Waals surface area contributed by atoms with Gasteiger partial charge < -0.3 is 14.6 Å². The largest absolute Gasteiger partial charge is 0.503 e. The van der Waals surface area contributed by atoms with E-state index in [0.29, 0.717) is 12.1 Å². The lowest BCUT2D eigenvalue weighted by Gasteiger charge is -2.27. The number of hydrogen-bond acceptors (Lipinski definition) is 4. The van der Waals surface area contributed by atoms with E-state index in [-0.39, 0.29) is 17.7 Å². The third kappa shape index (κ3) is 3.33. The lowest BCUT2D eigenvalue weighted by Crippen LogP contribution is -2.31. The molecule has 6 heteroatoms. The van der Waals surface area contributed by atoms with Crippen molar-refractivity contribution >= 4 is 11.5 Å². The molecule has 27 heavy (non-hydrogen) atoms. The number of carbonyl (C=O) groups excluding carboxylic acids is 1. The van der Waals surface area contributed by atoms with Crippen LogP contribution in [0.3, 0.4) is 0 Å². The predicted octanol–water partition coefficient (Wildman–Crippen LogP) is 3.22. The van der Waals surface area contributed by atoms with Crippen molar-refractivity contribution in [1.82, 2.24) is 19.4 Å². The molecular weight excluding hydrogens is 340 g/mol. The average molecular weight is 360 g/mol. The van der Waals surface area contributed by atoms with Crippen molar-refractivity contribution in [3.05, 3.63) is 90.5 Å². The first kappa shape index (κ1) is 17.0. The number of pyridine rings is 1. The van der Waals surface area contributed by atoms with Gasteiger partial charge in [0.15, 0.2) is 5.76 Å². The summed E-state index contributed by atoms with van der Waals surface area (Å²) in [6, 6.07) is 13.0. The normalized spacial score (nSPS) is 17.0. The molecular formula is C21H20N4O2. The van der Waals surface area contributed by atoms with Crippen molar-refractivity contribution in [2.45, 2.75) is 19.0 Å². The highest BCUT2D eigenvalue weighted by molar-refractivity contribution is 6.05. The number of carbonyl (C=O) groups is 1. The summed E-state index contributed by atoms with van der Waals surface area (Å²) in [5.74, 6) is -0.507. The monoisotopic (exact) mass is 360 g/mol. The Labute approximate surface area is 157 Å². The van der Waals surface area contributed by atoms with E-state index >= 15 is 0 Å². The summed E-state index contributed by atoms with van der Waals surface area (Å²) in [7, 11) is 0. The van der Waals surface area contributed by atoms with Crippen molar-refractivity contribution in [2.75, 3.05) is 6.54 Å². The van der Waals surface area contributed by atoms with E-state index in [0.717, 1.165) is 24.1 Å². The fraction of sp³-hybridized carbons (Fsp3) is 0.190. The highest BCUT2D eigenvalue weighted by Gasteiger charge is 2.40. The van der Waals surface area contributed by atoms with E-state index in [1.54, 1.807) is 29.8 Å². The first-order valence-corrected chi connectivity index (χ1v) is 8.91. The average Bonchev–Trinajstić information content (AvgIpc) is 3.31. The first-order chi connectivity index (χ1) is 13.3. The Balaban J connectivity index is 1.65. The molecule has 0 aliphatic carbocycles. The van der Waals surface area contributed by atoms with Gasteiger partial charge in [-0.1, -0.05) is 30.3 Å². The molecule has 0 saturated carbocycles. The fourth-order valence-electron chi connectivity index (χ4n) is 3.53. The van der Waals surface area contributed by atoms with Gasteiger partial charge in [-0.25, -0.2) is 4.98 Å². The molecule has 3 heterocycles. The van der Waals surface area contributed by atoms with Crippen molar-refractivity contribution in [1.29, 1.82) is 0 Å². The molecule has 1 atom stereocenters. The van der Waals surface area contributed by atoms with Crippen molar-refractivity contribution in [3.63, 3.8) is 0 Å². The van der Waals surface area contributed by atoms with Gasteiger partial charge in [-0.3, -0.25) is 9.78 Å². The lowest BCUT2D eigenvalue weighted by molar-refractivity contribution is -0.129. The summed E-state index contributed by atoms with van der Waals surface area (Å²) >= 11 is 0. The molecule has 0 bridgehead atoms. The van der Waals surface area contributed by atoms with Crippen LogP contribution in [0.2, 0.25) is 0 Å². The molecule has 0 saturated heterocycles. The van der Waals surface area contributed by atoms with Crippen molar-refractivity contribution in [3.8, 4) is 0 Å². The maximum Gasteiger partial charge on any atom is 0.289 e. The fourth-order valence-corrected chi connectivity index (χ4v) is 3.53. The predicted molar refractivity (Wildman–Crippen MR) is 102 cm³/mol. The molecule has 0 radical (unpaired) electrons. The summed E-state index contributed by atoms with van der Waals surface area (Å²) in [6.45, 7) is 1.29. The summed E-state index contributed by atoms with van der Waals surface area (Å²) in [6.07, 6.45) is 9.58.